The maximum absolute atomic E-state index is 5.06. The van der Waals surface area contributed by atoms with Gasteiger partial charge in [0, 0.05) is 45.3 Å². The van der Waals surface area contributed by atoms with Crippen LogP contribution in [0.4, 0.5) is 0 Å². The number of piperidine rings is 1. The van der Waals surface area contributed by atoms with E-state index in [4.69, 9.17) is 4.99 Å². The first-order valence-corrected chi connectivity index (χ1v) is 11.1. The van der Waals surface area contributed by atoms with Gasteiger partial charge in [-0.1, -0.05) is 27.7 Å². The minimum Gasteiger partial charge on any atom is -0.357 e. The molecule has 0 radical (unpaired) electrons. The first kappa shape index (κ1) is 21.5. The summed E-state index contributed by atoms with van der Waals surface area (Å²) in [6, 6.07) is 0.685. The van der Waals surface area contributed by atoms with E-state index in [2.05, 4.69) is 54.6 Å². The molecule has 2 aliphatic rings. The first-order chi connectivity index (χ1) is 12.6. The molecule has 0 saturated carbocycles. The van der Waals surface area contributed by atoms with Crippen LogP contribution in [0.25, 0.3) is 0 Å². The first-order valence-electron chi connectivity index (χ1n) is 11.1. The Morgan fingerprint density at radius 3 is 2.54 bits per heavy atom. The monoisotopic (exact) mass is 365 g/mol. The number of aliphatic imine (C=N–C) groups is 1. The Hall–Kier alpha value is -0.810. The van der Waals surface area contributed by atoms with Crippen molar-refractivity contribution in [2.75, 3.05) is 58.9 Å². The van der Waals surface area contributed by atoms with Crippen molar-refractivity contribution in [2.45, 2.75) is 59.9 Å². The fraction of sp³-hybridized carbons (Fsp3) is 0.952. The van der Waals surface area contributed by atoms with Crippen LogP contribution in [0.2, 0.25) is 0 Å². The van der Waals surface area contributed by atoms with Gasteiger partial charge < -0.3 is 15.1 Å². The SMILES string of the molecule is CCNC(=NCC1CCCN(CC(C)C)C1)N1CCC(N(CC)CC)C1. The van der Waals surface area contributed by atoms with E-state index in [0.717, 1.165) is 57.1 Å². The van der Waals surface area contributed by atoms with Crippen LogP contribution in [-0.4, -0.2) is 85.6 Å². The second-order valence-electron chi connectivity index (χ2n) is 8.47. The van der Waals surface area contributed by atoms with Gasteiger partial charge in [0.1, 0.15) is 0 Å². The molecule has 0 aromatic rings. The normalized spacial score (nSPS) is 25.5. The third-order valence-corrected chi connectivity index (χ3v) is 5.85. The molecule has 2 unspecified atom stereocenters. The third kappa shape index (κ3) is 6.41. The van der Waals surface area contributed by atoms with Crippen molar-refractivity contribution < 1.29 is 0 Å². The quantitative estimate of drug-likeness (QED) is 0.530. The molecule has 5 heteroatoms. The lowest BCUT2D eigenvalue weighted by atomic mass is 9.97. The molecule has 2 atom stereocenters. The lowest BCUT2D eigenvalue weighted by Gasteiger charge is -2.33. The molecule has 26 heavy (non-hydrogen) atoms. The minimum atomic E-state index is 0.685. The van der Waals surface area contributed by atoms with Crippen LogP contribution < -0.4 is 5.32 Å². The summed E-state index contributed by atoms with van der Waals surface area (Å²) >= 11 is 0. The highest BCUT2D eigenvalue weighted by molar-refractivity contribution is 5.80. The summed E-state index contributed by atoms with van der Waals surface area (Å²) in [7, 11) is 0. The van der Waals surface area contributed by atoms with E-state index in [9.17, 15) is 0 Å². The van der Waals surface area contributed by atoms with Crippen molar-refractivity contribution in [2.24, 2.45) is 16.8 Å². The van der Waals surface area contributed by atoms with Gasteiger partial charge in [-0.25, -0.2) is 0 Å². The molecule has 0 aromatic heterocycles. The van der Waals surface area contributed by atoms with Crippen LogP contribution in [0.1, 0.15) is 53.9 Å². The van der Waals surface area contributed by atoms with E-state index in [0.29, 0.717) is 6.04 Å². The number of likely N-dealkylation sites (N-methyl/N-ethyl adjacent to an activating group) is 1. The van der Waals surface area contributed by atoms with Gasteiger partial charge in [0.15, 0.2) is 5.96 Å². The van der Waals surface area contributed by atoms with Crippen LogP contribution in [0.15, 0.2) is 4.99 Å². The molecule has 2 fully saturated rings. The van der Waals surface area contributed by atoms with Crippen molar-refractivity contribution in [3.05, 3.63) is 0 Å². The van der Waals surface area contributed by atoms with Crippen LogP contribution in [0.3, 0.4) is 0 Å². The minimum absolute atomic E-state index is 0.685. The zero-order valence-electron chi connectivity index (χ0n) is 18.0. The van der Waals surface area contributed by atoms with E-state index in [1.807, 2.05) is 0 Å². The van der Waals surface area contributed by atoms with Crippen LogP contribution in [0.5, 0.6) is 0 Å². The Balaban J connectivity index is 1.90. The number of likely N-dealkylation sites (tertiary alicyclic amines) is 2. The molecule has 152 valence electrons. The van der Waals surface area contributed by atoms with Gasteiger partial charge in [-0.05, 0) is 57.7 Å². The predicted octanol–water partition coefficient (Wildman–Crippen LogP) is 2.74. The highest BCUT2D eigenvalue weighted by Crippen LogP contribution is 2.19. The smallest absolute Gasteiger partial charge is 0.193 e. The molecule has 2 saturated heterocycles. The van der Waals surface area contributed by atoms with Crippen LogP contribution >= 0.6 is 0 Å². The molecular formula is C21H43N5. The average Bonchev–Trinajstić information content (AvgIpc) is 3.09. The van der Waals surface area contributed by atoms with Gasteiger partial charge in [0.05, 0.1) is 0 Å². The predicted molar refractivity (Wildman–Crippen MR) is 113 cm³/mol. The Morgan fingerprint density at radius 2 is 1.88 bits per heavy atom. The van der Waals surface area contributed by atoms with Gasteiger partial charge in [-0.15, -0.1) is 0 Å². The molecule has 1 N–H and O–H groups in total. The largest absolute Gasteiger partial charge is 0.357 e. The van der Waals surface area contributed by atoms with Gasteiger partial charge >= 0.3 is 0 Å². The van der Waals surface area contributed by atoms with Crippen molar-refractivity contribution in [1.29, 1.82) is 0 Å². The van der Waals surface area contributed by atoms with Gasteiger partial charge in [0.2, 0.25) is 0 Å². The summed E-state index contributed by atoms with van der Waals surface area (Å²) in [5, 5.41) is 3.55. The van der Waals surface area contributed by atoms with Crippen LogP contribution in [0, 0.1) is 11.8 Å². The van der Waals surface area contributed by atoms with Crippen molar-refractivity contribution in [3.8, 4) is 0 Å². The Morgan fingerprint density at radius 1 is 1.12 bits per heavy atom. The average molecular weight is 366 g/mol. The van der Waals surface area contributed by atoms with Crippen molar-refractivity contribution in [3.63, 3.8) is 0 Å². The molecular weight excluding hydrogens is 322 g/mol. The molecule has 0 amide bonds. The standard InChI is InChI=1S/C21H43N5/c1-6-22-21(26-13-11-20(17-26)25(7-2)8-3)23-14-19-10-9-12-24(16-19)15-18(4)5/h18-20H,6-17H2,1-5H3,(H,22,23). The zero-order valence-corrected chi connectivity index (χ0v) is 18.0. The second kappa shape index (κ2) is 11.1. The zero-order chi connectivity index (χ0) is 18.9. The molecule has 2 heterocycles. The molecule has 2 rings (SSSR count). The molecule has 0 aliphatic carbocycles. The summed E-state index contributed by atoms with van der Waals surface area (Å²) in [6.45, 7) is 21.6. The molecule has 0 spiro atoms. The lowest BCUT2D eigenvalue weighted by Crippen LogP contribution is -2.44. The molecule has 0 bridgehead atoms. The number of rotatable bonds is 8. The Labute approximate surface area is 162 Å². The van der Waals surface area contributed by atoms with Gasteiger partial charge in [-0.3, -0.25) is 9.89 Å². The maximum Gasteiger partial charge on any atom is 0.193 e. The third-order valence-electron chi connectivity index (χ3n) is 5.85. The topological polar surface area (TPSA) is 34.1 Å². The molecule has 5 nitrogen and oxygen atoms in total. The number of nitrogens with one attached hydrogen (secondary N) is 1. The number of hydrogen-bond donors (Lipinski definition) is 1. The van der Waals surface area contributed by atoms with Gasteiger partial charge in [-0.2, -0.15) is 0 Å². The van der Waals surface area contributed by atoms with Crippen LogP contribution in [-0.2, 0) is 0 Å². The summed E-state index contributed by atoms with van der Waals surface area (Å²) in [6.07, 6.45) is 3.93. The van der Waals surface area contributed by atoms with E-state index < -0.39 is 0 Å². The second-order valence-corrected chi connectivity index (χ2v) is 8.47. The summed E-state index contributed by atoms with van der Waals surface area (Å²) in [4.78, 5) is 12.8. The Kier molecular flexibility index (Phi) is 9.20. The number of hydrogen-bond acceptors (Lipinski definition) is 3. The highest BCUT2D eigenvalue weighted by atomic mass is 15.3. The van der Waals surface area contributed by atoms with E-state index in [-0.39, 0.29) is 0 Å². The van der Waals surface area contributed by atoms with Crippen molar-refractivity contribution >= 4 is 5.96 Å². The highest BCUT2D eigenvalue weighted by Gasteiger charge is 2.28. The van der Waals surface area contributed by atoms with E-state index in [1.54, 1.807) is 0 Å². The van der Waals surface area contributed by atoms with Gasteiger partial charge in [0.25, 0.3) is 0 Å². The number of nitrogens with zero attached hydrogens (tertiary/aromatic N) is 4. The summed E-state index contributed by atoms with van der Waals surface area (Å²) in [5.41, 5.74) is 0. The lowest BCUT2D eigenvalue weighted by molar-refractivity contribution is 0.162. The number of guanidine groups is 1. The fourth-order valence-electron chi connectivity index (χ4n) is 4.60. The van der Waals surface area contributed by atoms with Crippen molar-refractivity contribution in [1.82, 2.24) is 20.0 Å². The van der Waals surface area contributed by atoms with E-state index in [1.165, 1.54) is 38.9 Å². The summed E-state index contributed by atoms with van der Waals surface area (Å²) in [5.74, 6) is 2.62. The summed E-state index contributed by atoms with van der Waals surface area (Å²) < 4.78 is 0. The maximum atomic E-state index is 5.06. The van der Waals surface area contributed by atoms with E-state index >= 15 is 0 Å². The Bertz CT molecular complexity index is 419. The molecule has 2 aliphatic heterocycles. The molecule has 0 aromatic carbocycles. The fourth-order valence-corrected chi connectivity index (χ4v) is 4.60.